The van der Waals surface area contributed by atoms with Crippen LogP contribution in [0.4, 0.5) is 4.79 Å². The quantitative estimate of drug-likeness (QED) is 0.171. The van der Waals surface area contributed by atoms with Gasteiger partial charge in [-0.15, -0.1) is 24.8 Å². The summed E-state index contributed by atoms with van der Waals surface area (Å²) in [7, 11) is 0. The second-order valence-corrected chi connectivity index (χ2v) is 8.31. The summed E-state index contributed by atoms with van der Waals surface area (Å²) in [6, 6.07) is 4.57. The highest BCUT2D eigenvalue weighted by molar-refractivity contribution is 6.08. The van der Waals surface area contributed by atoms with Gasteiger partial charge in [0.2, 0.25) is 5.91 Å². The highest BCUT2D eigenvalue weighted by Gasteiger charge is 2.52. The molecule has 1 aromatic rings. The molecule has 0 radical (unpaired) electrons. The van der Waals surface area contributed by atoms with Crippen LogP contribution in [0.25, 0.3) is 0 Å². The number of benzene rings is 1. The van der Waals surface area contributed by atoms with E-state index in [1.165, 1.54) is 20.1 Å². The van der Waals surface area contributed by atoms with Gasteiger partial charge in [-0.1, -0.05) is 24.3 Å². The van der Waals surface area contributed by atoms with Gasteiger partial charge in [-0.2, -0.15) is 10.1 Å². The van der Waals surface area contributed by atoms with Gasteiger partial charge in [0.15, 0.2) is 0 Å². The fourth-order valence-electron chi connectivity index (χ4n) is 3.02. The van der Waals surface area contributed by atoms with Crippen LogP contribution in [0.5, 0.6) is 0 Å². The lowest BCUT2D eigenvalue weighted by atomic mass is 9.91. The number of esters is 1. The maximum atomic E-state index is 13.2. The summed E-state index contributed by atoms with van der Waals surface area (Å²) in [5, 5.41) is 7.54. The molecule has 0 unspecified atom stereocenters. The first kappa shape index (κ1) is 30.1. The largest absolute Gasteiger partial charge is 0.459 e. The molecule has 33 heavy (non-hydrogen) atoms. The lowest BCUT2D eigenvalue weighted by Gasteiger charge is -2.31. The van der Waals surface area contributed by atoms with E-state index in [1.807, 2.05) is 0 Å². The molecular weight excluding hydrogens is 475 g/mol. The van der Waals surface area contributed by atoms with E-state index in [0.29, 0.717) is 16.1 Å². The van der Waals surface area contributed by atoms with Gasteiger partial charge >= 0.3 is 12.0 Å². The Labute approximate surface area is 204 Å². The average molecular weight is 505 g/mol. The number of halogens is 2. The minimum absolute atomic E-state index is 0. The molecule has 2 rings (SSSR count). The maximum Gasteiger partial charge on any atom is 0.344 e. The lowest BCUT2D eigenvalue weighted by molar-refractivity contribution is -0.163. The number of ether oxygens (including phenoxy) is 1. The Balaban J connectivity index is 0.00000512. The van der Waals surface area contributed by atoms with Crippen molar-refractivity contribution in [2.45, 2.75) is 51.8 Å². The van der Waals surface area contributed by atoms with Crippen LogP contribution in [0, 0.1) is 0 Å². The minimum atomic E-state index is -1.43. The molecule has 184 valence electrons. The topological polar surface area (TPSA) is 160 Å². The van der Waals surface area contributed by atoms with Crippen molar-refractivity contribution in [1.82, 2.24) is 15.3 Å². The normalized spacial score (nSPS) is 18.8. The van der Waals surface area contributed by atoms with Gasteiger partial charge in [0.1, 0.15) is 17.2 Å². The molecule has 4 amide bonds. The lowest BCUT2D eigenvalue weighted by Crippen LogP contribution is -2.56. The summed E-state index contributed by atoms with van der Waals surface area (Å²) in [5.41, 5.74) is 4.87. The Morgan fingerprint density at radius 1 is 1.24 bits per heavy atom. The molecule has 1 aromatic carbocycles. The van der Waals surface area contributed by atoms with Crippen molar-refractivity contribution in [3.63, 3.8) is 0 Å². The van der Waals surface area contributed by atoms with Crippen molar-refractivity contribution in [2.75, 3.05) is 6.54 Å². The Morgan fingerprint density at radius 3 is 2.24 bits per heavy atom. The van der Waals surface area contributed by atoms with E-state index in [1.54, 1.807) is 45.0 Å². The third-order valence-corrected chi connectivity index (χ3v) is 4.57. The first-order chi connectivity index (χ1) is 14.3. The van der Waals surface area contributed by atoms with E-state index in [0.717, 1.165) is 5.01 Å². The zero-order valence-electron chi connectivity index (χ0n) is 19.0. The number of carbonyl (C=O) groups excluding carboxylic acids is 4. The number of nitrogens with two attached hydrogens (primary N) is 2. The first-order valence-corrected chi connectivity index (χ1v) is 9.57. The number of urea groups is 1. The fourth-order valence-corrected chi connectivity index (χ4v) is 3.02. The van der Waals surface area contributed by atoms with E-state index >= 15 is 0 Å². The Kier molecular flexibility index (Phi) is 10.3. The first-order valence-electron chi connectivity index (χ1n) is 9.57. The summed E-state index contributed by atoms with van der Waals surface area (Å²) in [5.74, 6) is 3.05. The van der Waals surface area contributed by atoms with E-state index in [4.69, 9.17) is 16.3 Å². The Morgan fingerprint density at radius 2 is 1.79 bits per heavy atom. The molecule has 2 atom stereocenters. The molecule has 0 aliphatic carbocycles. The molecule has 1 heterocycles. The Bertz CT molecular complexity index is 919. The van der Waals surface area contributed by atoms with E-state index in [9.17, 15) is 19.2 Å². The number of amides is 4. The van der Waals surface area contributed by atoms with Crippen LogP contribution in [-0.4, -0.2) is 58.2 Å². The van der Waals surface area contributed by atoms with Crippen molar-refractivity contribution in [1.29, 1.82) is 0 Å². The van der Waals surface area contributed by atoms with Crippen molar-refractivity contribution in [3.8, 4) is 0 Å². The van der Waals surface area contributed by atoms with E-state index in [2.05, 4.69) is 10.4 Å². The van der Waals surface area contributed by atoms with Crippen molar-refractivity contribution >= 4 is 54.8 Å². The summed E-state index contributed by atoms with van der Waals surface area (Å²) < 4.78 is 5.21. The van der Waals surface area contributed by atoms with Gasteiger partial charge < -0.3 is 21.6 Å². The van der Waals surface area contributed by atoms with Gasteiger partial charge in [-0.25, -0.2) is 9.80 Å². The number of carbonyl (C=O) groups is 4. The highest BCUT2D eigenvalue weighted by atomic mass is 35.5. The number of rotatable bonds is 6. The van der Waals surface area contributed by atoms with Crippen molar-refractivity contribution in [3.05, 3.63) is 35.4 Å². The van der Waals surface area contributed by atoms with Crippen molar-refractivity contribution < 1.29 is 23.9 Å². The second-order valence-electron chi connectivity index (χ2n) is 8.31. The number of hydrazine groups is 1. The van der Waals surface area contributed by atoms with Crippen LogP contribution in [0.2, 0.25) is 0 Å². The second kappa shape index (κ2) is 11.3. The zero-order chi connectivity index (χ0) is 23.6. The predicted molar refractivity (Wildman–Crippen MR) is 127 cm³/mol. The molecule has 0 saturated carbocycles. The molecule has 1 saturated heterocycles. The summed E-state index contributed by atoms with van der Waals surface area (Å²) in [4.78, 5) is 50.4. The average Bonchev–Trinajstić information content (AvgIpc) is 2.88. The van der Waals surface area contributed by atoms with Gasteiger partial charge in [0.05, 0.1) is 12.8 Å². The third kappa shape index (κ3) is 6.80. The van der Waals surface area contributed by atoms with Crippen LogP contribution in [0.15, 0.2) is 29.4 Å². The highest BCUT2D eigenvalue weighted by Crippen LogP contribution is 2.30. The van der Waals surface area contributed by atoms with Crippen LogP contribution in [-0.2, 0) is 24.7 Å². The maximum absolute atomic E-state index is 13.2. The number of hydrogen-bond acceptors (Lipinski definition) is 8. The van der Waals surface area contributed by atoms with Crippen LogP contribution in [0.3, 0.4) is 0 Å². The monoisotopic (exact) mass is 504 g/mol. The number of nitrogens with zero attached hydrogens (tertiary/aromatic N) is 3. The van der Waals surface area contributed by atoms with Crippen LogP contribution < -0.4 is 16.9 Å². The van der Waals surface area contributed by atoms with Crippen molar-refractivity contribution in [2.24, 2.45) is 16.7 Å². The summed E-state index contributed by atoms with van der Waals surface area (Å²) in [6.45, 7) is 7.30. The van der Waals surface area contributed by atoms with Crippen LogP contribution >= 0.6 is 24.8 Å². The fraction of sp³-hybridized carbons (Fsp3) is 0.450. The van der Waals surface area contributed by atoms with Crippen LogP contribution in [0.1, 0.15) is 45.7 Å². The SMILES string of the molecule is CC(=O)N(C[C@H](N)C(=O)OC(C)(C)C)N1C(=O)N[C@](C)(c2ccc(C=NN)cc2)C1=O.Cl.Cl. The molecular formula is C20H30Cl2N6O5. The van der Waals surface area contributed by atoms with Gasteiger partial charge in [0, 0.05) is 6.92 Å². The molecule has 11 nitrogen and oxygen atoms in total. The molecule has 1 fully saturated rings. The molecule has 0 aromatic heterocycles. The summed E-state index contributed by atoms with van der Waals surface area (Å²) >= 11 is 0. The number of hydrazone groups is 1. The van der Waals surface area contributed by atoms with Gasteiger partial charge in [-0.05, 0) is 38.8 Å². The molecule has 0 bridgehead atoms. The zero-order valence-corrected chi connectivity index (χ0v) is 20.7. The van der Waals surface area contributed by atoms with E-state index < -0.39 is 47.5 Å². The summed E-state index contributed by atoms with van der Waals surface area (Å²) in [6.07, 6.45) is 1.43. The van der Waals surface area contributed by atoms with Gasteiger partial charge in [0.25, 0.3) is 5.91 Å². The molecule has 13 heteroatoms. The standard InChI is InChI=1S/C20H28N6O5.2ClH/c1-12(27)25(11-15(21)16(28)31-19(2,3)4)26-17(29)20(5,24-18(26)30)14-8-6-13(7-9-14)10-23-22;;/h6-10,15H,11,21-22H2,1-5H3,(H,24,30);2*1H/t15-,20+;;/m0../s1. The smallest absolute Gasteiger partial charge is 0.344 e. The number of imide groups is 1. The third-order valence-electron chi connectivity index (χ3n) is 4.57. The molecule has 1 aliphatic rings. The molecule has 1 aliphatic heterocycles. The Hall–Kier alpha value is -2.89. The number of nitrogens with one attached hydrogen (secondary N) is 1. The predicted octanol–water partition coefficient (Wildman–Crippen LogP) is 1.02. The number of hydrogen-bond donors (Lipinski definition) is 3. The van der Waals surface area contributed by atoms with E-state index in [-0.39, 0.29) is 24.8 Å². The molecule has 0 spiro atoms. The minimum Gasteiger partial charge on any atom is -0.459 e. The van der Waals surface area contributed by atoms with Gasteiger partial charge in [-0.3, -0.25) is 14.4 Å². The molecule has 5 N–H and O–H groups in total.